The first kappa shape index (κ1) is 8.62. The molecule has 1 heterocycles. The molecule has 0 spiro atoms. The van der Waals surface area contributed by atoms with Crippen molar-refractivity contribution in [2.24, 2.45) is 0 Å². The highest BCUT2D eigenvalue weighted by Gasteiger charge is 2.15. The van der Waals surface area contributed by atoms with Gasteiger partial charge in [0.1, 0.15) is 17.7 Å². The fourth-order valence-electron chi connectivity index (χ4n) is 1.44. The average Bonchev–Trinajstić information content (AvgIpc) is 2.10. The molecule has 12 heavy (non-hydrogen) atoms. The van der Waals surface area contributed by atoms with Gasteiger partial charge >= 0.3 is 0 Å². The maximum Gasteiger partial charge on any atom is 0.148 e. The molecule has 1 saturated heterocycles. The molecule has 0 aromatic rings. The van der Waals surface area contributed by atoms with Gasteiger partial charge in [-0.3, -0.25) is 0 Å². The Kier molecular flexibility index (Phi) is 2.71. The Morgan fingerprint density at radius 2 is 2.00 bits per heavy atom. The summed E-state index contributed by atoms with van der Waals surface area (Å²) in [5.74, 6) is 0. The van der Waals surface area contributed by atoms with Crippen molar-refractivity contribution in [1.82, 2.24) is 4.90 Å². The van der Waals surface area contributed by atoms with Crippen molar-refractivity contribution < 1.29 is 0 Å². The first-order valence-corrected chi connectivity index (χ1v) is 4.04. The van der Waals surface area contributed by atoms with Crippen molar-refractivity contribution in [2.75, 3.05) is 13.6 Å². The number of piperidine rings is 1. The highest BCUT2D eigenvalue weighted by molar-refractivity contribution is 5.39. The van der Waals surface area contributed by atoms with Gasteiger partial charge in [0.25, 0.3) is 0 Å². The quantitative estimate of drug-likeness (QED) is 0.504. The SMILES string of the molecule is CN1CCCCC1=C(C#N)C#N. The van der Waals surface area contributed by atoms with E-state index in [2.05, 4.69) is 0 Å². The molecule has 1 aliphatic heterocycles. The number of nitrogens with zero attached hydrogens (tertiary/aromatic N) is 3. The monoisotopic (exact) mass is 161 g/mol. The maximum atomic E-state index is 8.64. The lowest BCUT2D eigenvalue weighted by molar-refractivity contribution is 0.343. The van der Waals surface area contributed by atoms with Crippen LogP contribution in [0.3, 0.4) is 0 Å². The van der Waals surface area contributed by atoms with Crippen LogP contribution in [0.1, 0.15) is 19.3 Å². The first-order chi connectivity index (χ1) is 5.79. The molecule has 0 aromatic heterocycles. The summed E-state index contributed by atoms with van der Waals surface area (Å²) in [7, 11) is 1.93. The van der Waals surface area contributed by atoms with Crippen LogP contribution in [0.15, 0.2) is 11.3 Å². The zero-order valence-electron chi connectivity index (χ0n) is 7.17. The van der Waals surface area contributed by atoms with Crippen LogP contribution in [0.5, 0.6) is 0 Å². The van der Waals surface area contributed by atoms with Crippen molar-refractivity contribution >= 4 is 0 Å². The van der Waals surface area contributed by atoms with E-state index in [4.69, 9.17) is 10.5 Å². The smallest absolute Gasteiger partial charge is 0.148 e. The van der Waals surface area contributed by atoms with Crippen molar-refractivity contribution in [3.63, 3.8) is 0 Å². The Morgan fingerprint density at radius 1 is 1.33 bits per heavy atom. The van der Waals surface area contributed by atoms with Gasteiger partial charge in [0, 0.05) is 19.3 Å². The van der Waals surface area contributed by atoms with Gasteiger partial charge in [-0.2, -0.15) is 10.5 Å². The van der Waals surface area contributed by atoms with E-state index in [0.29, 0.717) is 0 Å². The van der Waals surface area contributed by atoms with Crippen molar-refractivity contribution in [3.05, 3.63) is 11.3 Å². The van der Waals surface area contributed by atoms with Gasteiger partial charge in [-0.05, 0) is 19.3 Å². The number of allylic oxidation sites excluding steroid dienone is 2. The van der Waals surface area contributed by atoms with E-state index in [1.165, 1.54) is 0 Å². The lowest BCUT2D eigenvalue weighted by atomic mass is 10.0. The number of rotatable bonds is 0. The molecule has 3 heteroatoms. The number of hydrogen-bond acceptors (Lipinski definition) is 3. The van der Waals surface area contributed by atoms with Gasteiger partial charge in [0.05, 0.1) is 0 Å². The molecule has 0 amide bonds. The van der Waals surface area contributed by atoms with E-state index in [-0.39, 0.29) is 5.57 Å². The predicted molar refractivity (Wildman–Crippen MR) is 44.7 cm³/mol. The molecular formula is C9H11N3. The highest BCUT2D eigenvalue weighted by atomic mass is 15.1. The fraction of sp³-hybridized carbons (Fsp3) is 0.556. The largest absolute Gasteiger partial charge is 0.376 e. The predicted octanol–water partition coefficient (Wildman–Crippen LogP) is 1.40. The summed E-state index contributed by atoms with van der Waals surface area (Å²) < 4.78 is 0. The van der Waals surface area contributed by atoms with E-state index in [0.717, 1.165) is 31.5 Å². The zero-order chi connectivity index (χ0) is 8.97. The second kappa shape index (κ2) is 3.78. The standard InChI is InChI=1S/C9H11N3/c1-12-5-3-2-4-9(12)8(6-10)7-11/h2-5H2,1H3. The van der Waals surface area contributed by atoms with Crippen LogP contribution in [-0.4, -0.2) is 18.5 Å². The molecule has 0 saturated carbocycles. The first-order valence-electron chi connectivity index (χ1n) is 4.04. The fourth-order valence-corrected chi connectivity index (χ4v) is 1.44. The molecule has 1 rings (SSSR count). The molecule has 0 radical (unpaired) electrons. The lowest BCUT2D eigenvalue weighted by Crippen LogP contribution is -2.24. The molecule has 0 atom stereocenters. The molecular weight excluding hydrogens is 150 g/mol. The van der Waals surface area contributed by atoms with Crippen LogP contribution >= 0.6 is 0 Å². The third-order valence-electron chi connectivity index (χ3n) is 2.13. The summed E-state index contributed by atoms with van der Waals surface area (Å²) in [4.78, 5) is 2.01. The van der Waals surface area contributed by atoms with Crippen LogP contribution in [0.25, 0.3) is 0 Å². The van der Waals surface area contributed by atoms with Gasteiger partial charge in [-0.25, -0.2) is 0 Å². The van der Waals surface area contributed by atoms with E-state index in [1.807, 2.05) is 24.1 Å². The summed E-state index contributed by atoms with van der Waals surface area (Å²) in [5, 5.41) is 17.3. The Morgan fingerprint density at radius 3 is 2.50 bits per heavy atom. The summed E-state index contributed by atoms with van der Waals surface area (Å²) in [5.41, 5.74) is 1.18. The molecule has 0 bridgehead atoms. The van der Waals surface area contributed by atoms with E-state index < -0.39 is 0 Å². The number of nitriles is 2. The molecule has 0 unspecified atom stereocenters. The van der Waals surface area contributed by atoms with E-state index in [9.17, 15) is 0 Å². The molecule has 3 nitrogen and oxygen atoms in total. The lowest BCUT2D eigenvalue weighted by Gasteiger charge is -2.27. The summed E-state index contributed by atoms with van der Waals surface area (Å²) in [6, 6.07) is 3.86. The Labute approximate surface area is 72.5 Å². The minimum Gasteiger partial charge on any atom is -0.376 e. The van der Waals surface area contributed by atoms with Crippen LogP contribution in [0.4, 0.5) is 0 Å². The van der Waals surface area contributed by atoms with Gasteiger partial charge in [0.2, 0.25) is 0 Å². The number of likely N-dealkylation sites (tertiary alicyclic amines) is 1. The normalized spacial score (nSPS) is 16.6. The van der Waals surface area contributed by atoms with Crippen LogP contribution in [0, 0.1) is 22.7 Å². The second-order valence-electron chi connectivity index (χ2n) is 2.92. The Balaban J connectivity index is 2.92. The molecule has 0 aromatic carbocycles. The van der Waals surface area contributed by atoms with Gasteiger partial charge in [-0.1, -0.05) is 0 Å². The van der Waals surface area contributed by atoms with E-state index in [1.54, 1.807) is 0 Å². The van der Waals surface area contributed by atoms with Crippen LogP contribution < -0.4 is 0 Å². The van der Waals surface area contributed by atoms with Crippen molar-refractivity contribution in [3.8, 4) is 12.1 Å². The third kappa shape index (κ3) is 1.57. The topological polar surface area (TPSA) is 50.8 Å². The molecule has 1 aliphatic rings. The maximum absolute atomic E-state index is 8.64. The molecule has 1 fully saturated rings. The van der Waals surface area contributed by atoms with E-state index >= 15 is 0 Å². The van der Waals surface area contributed by atoms with Gasteiger partial charge < -0.3 is 4.90 Å². The minimum absolute atomic E-state index is 0.275. The average molecular weight is 161 g/mol. The molecule has 0 aliphatic carbocycles. The summed E-state index contributed by atoms with van der Waals surface area (Å²) in [6.45, 7) is 0.961. The van der Waals surface area contributed by atoms with Crippen molar-refractivity contribution in [1.29, 1.82) is 10.5 Å². The zero-order valence-corrected chi connectivity index (χ0v) is 7.17. The Hall–Kier alpha value is -1.48. The third-order valence-corrected chi connectivity index (χ3v) is 2.13. The number of hydrogen-bond donors (Lipinski definition) is 0. The summed E-state index contributed by atoms with van der Waals surface area (Å²) in [6.07, 6.45) is 3.11. The minimum atomic E-state index is 0.275. The Bertz CT molecular complexity index is 261. The van der Waals surface area contributed by atoms with Crippen LogP contribution in [0.2, 0.25) is 0 Å². The molecule has 0 N–H and O–H groups in total. The van der Waals surface area contributed by atoms with Crippen LogP contribution in [-0.2, 0) is 0 Å². The highest BCUT2D eigenvalue weighted by Crippen LogP contribution is 2.21. The van der Waals surface area contributed by atoms with Crippen molar-refractivity contribution in [2.45, 2.75) is 19.3 Å². The van der Waals surface area contributed by atoms with Gasteiger partial charge in [-0.15, -0.1) is 0 Å². The molecule has 62 valence electrons. The summed E-state index contributed by atoms with van der Waals surface area (Å²) >= 11 is 0. The second-order valence-corrected chi connectivity index (χ2v) is 2.92. The van der Waals surface area contributed by atoms with Gasteiger partial charge in [0.15, 0.2) is 0 Å².